The Labute approximate surface area is 178 Å². The largest absolute Gasteiger partial charge is 0.343 e. The maximum Gasteiger partial charge on any atom is 0.251 e. The molecule has 1 fully saturated rings. The number of aromatic nitrogens is 1. The molecule has 0 aliphatic carbocycles. The van der Waals surface area contributed by atoms with Gasteiger partial charge < -0.3 is 15.5 Å². The summed E-state index contributed by atoms with van der Waals surface area (Å²) in [5, 5.41) is 6.17. The average molecular weight is 423 g/mol. The van der Waals surface area contributed by atoms with Gasteiger partial charge in [-0.25, -0.2) is 4.98 Å². The van der Waals surface area contributed by atoms with Crippen molar-refractivity contribution in [3.8, 4) is 0 Å². The van der Waals surface area contributed by atoms with Crippen molar-refractivity contribution in [2.45, 2.75) is 12.8 Å². The van der Waals surface area contributed by atoms with Crippen LogP contribution in [0.1, 0.15) is 23.2 Å². The molecule has 4 rings (SSSR count). The van der Waals surface area contributed by atoms with Gasteiger partial charge in [0.15, 0.2) is 5.13 Å². The zero-order chi connectivity index (χ0) is 20.9. The molecule has 2 aromatic carbocycles. The van der Waals surface area contributed by atoms with Crippen LogP contribution in [0.3, 0.4) is 0 Å². The molecule has 0 atom stereocenters. The highest BCUT2D eigenvalue weighted by Crippen LogP contribution is 2.27. The molecular weight excluding hydrogens is 400 g/mol. The molecule has 1 aliphatic heterocycles. The van der Waals surface area contributed by atoms with Gasteiger partial charge >= 0.3 is 0 Å². The number of nitrogens with one attached hydrogen (secondary N) is 2. The van der Waals surface area contributed by atoms with E-state index in [-0.39, 0.29) is 30.2 Å². The lowest BCUT2D eigenvalue weighted by atomic mass is 9.96. The second-order valence-electron chi connectivity index (χ2n) is 7.18. The minimum absolute atomic E-state index is 0.0453. The number of benzene rings is 2. The maximum absolute atomic E-state index is 12.6. The van der Waals surface area contributed by atoms with E-state index in [1.54, 1.807) is 29.2 Å². The quantitative estimate of drug-likeness (QED) is 0.661. The zero-order valence-electron chi connectivity index (χ0n) is 16.3. The molecule has 7 nitrogen and oxygen atoms in total. The first kappa shape index (κ1) is 20.0. The summed E-state index contributed by atoms with van der Waals surface area (Å²) in [7, 11) is 0. The Bertz CT molecular complexity index is 1030. The van der Waals surface area contributed by atoms with Crippen LogP contribution in [0.4, 0.5) is 5.13 Å². The van der Waals surface area contributed by atoms with Gasteiger partial charge in [-0.1, -0.05) is 41.7 Å². The number of likely N-dealkylation sites (tertiary alicyclic amines) is 1. The Kier molecular flexibility index (Phi) is 6.04. The Hall–Kier alpha value is -3.26. The second kappa shape index (κ2) is 9.04. The topological polar surface area (TPSA) is 91.4 Å². The summed E-state index contributed by atoms with van der Waals surface area (Å²) < 4.78 is 1.03. The summed E-state index contributed by atoms with van der Waals surface area (Å²) in [6.07, 6.45) is 1.18. The smallest absolute Gasteiger partial charge is 0.251 e. The minimum Gasteiger partial charge on any atom is -0.343 e. The van der Waals surface area contributed by atoms with Crippen LogP contribution in [0.2, 0.25) is 0 Å². The van der Waals surface area contributed by atoms with Gasteiger partial charge in [0.1, 0.15) is 0 Å². The highest BCUT2D eigenvalue weighted by molar-refractivity contribution is 7.22. The standard InChI is InChI=1S/C22H22N4O3S/c27-19(14-23-20(28)15-6-2-1-3-7-15)26-12-10-16(11-13-26)21(29)25-22-24-17-8-4-5-9-18(17)30-22/h1-9,16H,10-14H2,(H,23,28)(H,24,25,29). The van der Waals surface area contributed by atoms with E-state index in [1.165, 1.54) is 11.3 Å². The van der Waals surface area contributed by atoms with E-state index in [0.29, 0.717) is 36.6 Å². The number of hydrogen-bond donors (Lipinski definition) is 2. The molecule has 2 N–H and O–H groups in total. The predicted octanol–water partition coefficient (Wildman–Crippen LogP) is 2.90. The van der Waals surface area contributed by atoms with Crippen LogP contribution in [-0.2, 0) is 9.59 Å². The van der Waals surface area contributed by atoms with Gasteiger partial charge in [-0.15, -0.1) is 0 Å². The van der Waals surface area contributed by atoms with E-state index < -0.39 is 0 Å². The minimum atomic E-state index is -0.269. The van der Waals surface area contributed by atoms with Crippen LogP contribution in [0, 0.1) is 5.92 Å². The van der Waals surface area contributed by atoms with Crippen molar-refractivity contribution in [1.29, 1.82) is 0 Å². The third kappa shape index (κ3) is 4.65. The number of carbonyl (C=O) groups excluding carboxylic acids is 3. The molecule has 1 aliphatic rings. The van der Waals surface area contributed by atoms with E-state index in [4.69, 9.17) is 0 Å². The normalized spacial score (nSPS) is 14.5. The third-order valence-corrected chi connectivity index (χ3v) is 6.13. The van der Waals surface area contributed by atoms with E-state index >= 15 is 0 Å². The fraction of sp³-hybridized carbons (Fsp3) is 0.273. The first-order valence-corrected chi connectivity index (χ1v) is 10.7. The van der Waals surface area contributed by atoms with Gasteiger partial charge in [0.25, 0.3) is 5.91 Å². The first-order chi connectivity index (χ1) is 14.6. The van der Waals surface area contributed by atoms with Gasteiger partial charge in [-0.2, -0.15) is 0 Å². The second-order valence-corrected chi connectivity index (χ2v) is 8.21. The summed E-state index contributed by atoms with van der Waals surface area (Å²) in [6, 6.07) is 16.6. The molecule has 3 aromatic rings. The Morgan fingerprint density at radius 1 is 1.00 bits per heavy atom. The molecule has 2 heterocycles. The number of carbonyl (C=O) groups is 3. The summed E-state index contributed by atoms with van der Waals surface area (Å²) in [6.45, 7) is 0.951. The molecular formula is C22H22N4O3S. The van der Waals surface area contributed by atoms with Gasteiger partial charge in [-0.05, 0) is 37.1 Å². The molecule has 0 saturated carbocycles. The lowest BCUT2D eigenvalue weighted by molar-refractivity contribution is -0.133. The Morgan fingerprint density at radius 2 is 1.70 bits per heavy atom. The van der Waals surface area contributed by atoms with Crippen molar-refractivity contribution in [2.24, 2.45) is 5.92 Å². The number of amides is 3. The van der Waals surface area contributed by atoms with Crippen molar-refractivity contribution in [3.63, 3.8) is 0 Å². The zero-order valence-corrected chi connectivity index (χ0v) is 17.2. The van der Waals surface area contributed by atoms with Gasteiger partial charge in [0.05, 0.1) is 16.8 Å². The number of piperidine rings is 1. The van der Waals surface area contributed by atoms with Crippen LogP contribution in [-0.4, -0.2) is 47.2 Å². The number of thiazole rings is 1. The highest BCUT2D eigenvalue weighted by Gasteiger charge is 2.28. The molecule has 0 bridgehead atoms. The molecule has 0 spiro atoms. The van der Waals surface area contributed by atoms with Crippen molar-refractivity contribution in [1.82, 2.24) is 15.2 Å². The van der Waals surface area contributed by atoms with Crippen LogP contribution in [0.25, 0.3) is 10.2 Å². The Morgan fingerprint density at radius 3 is 2.43 bits per heavy atom. The van der Waals surface area contributed by atoms with Crippen LogP contribution >= 0.6 is 11.3 Å². The van der Waals surface area contributed by atoms with E-state index in [1.807, 2.05) is 30.3 Å². The maximum atomic E-state index is 12.6. The van der Waals surface area contributed by atoms with Crippen molar-refractivity contribution in [3.05, 3.63) is 60.2 Å². The summed E-state index contributed by atoms with van der Waals surface area (Å²) in [5.74, 6) is -0.614. The number of anilines is 1. The molecule has 30 heavy (non-hydrogen) atoms. The van der Waals surface area contributed by atoms with E-state index in [0.717, 1.165) is 10.2 Å². The average Bonchev–Trinajstić information content (AvgIpc) is 3.20. The lowest BCUT2D eigenvalue weighted by Gasteiger charge is -2.31. The summed E-state index contributed by atoms with van der Waals surface area (Å²) in [4.78, 5) is 43.2. The van der Waals surface area contributed by atoms with Crippen LogP contribution in [0.15, 0.2) is 54.6 Å². The lowest BCUT2D eigenvalue weighted by Crippen LogP contribution is -2.45. The number of hydrogen-bond acceptors (Lipinski definition) is 5. The first-order valence-electron chi connectivity index (χ1n) is 9.87. The summed E-state index contributed by atoms with van der Waals surface area (Å²) >= 11 is 1.45. The SMILES string of the molecule is O=C(NCC(=O)N1CCC(C(=O)Nc2nc3ccccc3s2)CC1)c1ccccc1. The molecule has 0 unspecified atom stereocenters. The number of nitrogens with zero attached hydrogens (tertiary/aromatic N) is 2. The van der Waals surface area contributed by atoms with E-state index in [2.05, 4.69) is 15.6 Å². The van der Waals surface area contributed by atoms with Crippen LogP contribution < -0.4 is 10.6 Å². The molecule has 3 amide bonds. The van der Waals surface area contributed by atoms with Crippen LogP contribution in [0.5, 0.6) is 0 Å². The van der Waals surface area contributed by atoms with Crippen molar-refractivity contribution >= 4 is 44.4 Å². The van der Waals surface area contributed by atoms with Gasteiger partial charge in [0.2, 0.25) is 11.8 Å². The molecule has 1 saturated heterocycles. The number of para-hydroxylation sites is 1. The Balaban J connectivity index is 1.24. The highest BCUT2D eigenvalue weighted by atomic mass is 32.1. The van der Waals surface area contributed by atoms with E-state index in [9.17, 15) is 14.4 Å². The fourth-order valence-electron chi connectivity index (χ4n) is 3.48. The van der Waals surface area contributed by atoms with Crippen molar-refractivity contribution in [2.75, 3.05) is 25.0 Å². The third-order valence-electron chi connectivity index (χ3n) is 5.18. The van der Waals surface area contributed by atoms with Gasteiger partial charge in [-0.3, -0.25) is 14.4 Å². The van der Waals surface area contributed by atoms with Crippen molar-refractivity contribution < 1.29 is 14.4 Å². The predicted molar refractivity (Wildman–Crippen MR) is 116 cm³/mol. The monoisotopic (exact) mass is 422 g/mol. The molecule has 0 radical (unpaired) electrons. The van der Waals surface area contributed by atoms with Gasteiger partial charge in [0, 0.05) is 24.6 Å². The molecule has 8 heteroatoms. The molecule has 154 valence electrons. The molecule has 1 aromatic heterocycles. The summed E-state index contributed by atoms with van der Waals surface area (Å²) in [5.41, 5.74) is 1.39. The number of rotatable bonds is 5. The fourth-order valence-corrected chi connectivity index (χ4v) is 4.35. The number of fused-ring (bicyclic) bond motifs is 1.